The molecule has 0 saturated carbocycles. The van der Waals surface area contributed by atoms with Crippen molar-refractivity contribution in [3.05, 3.63) is 84.4 Å². The molecular weight excluding hydrogens is 401 g/mol. The number of nitrogens with one attached hydrogen (secondary N) is 1. The fourth-order valence-corrected chi connectivity index (χ4v) is 3.61. The number of hydrogen-bond donors (Lipinski definition) is 3. The SMILES string of the molecule is Nc1nc(Nc2ccc(Sc3ccncc3)c(F)c2)cc(-c2ccc(CO)cc2)n1. The molecule has 0 aliphatic carbocycles. The van der Waals surface area contributed by atoms with Crippen molar-refractivity contribution < 1.29 is 9.50 Å². The summed E-state index contributed by atoms with van der Waals surface area (Å²) >= 11 is 1.33. The number of aliphatic hydroxyl groups is 1. The molecule has 0 spiro atoms. The Balaban J connectivity index is 1.55. The Hall–Kier alpha value is -3.49. The molecule has 0 amide bonds. The van der Waals surface area contributed by atoms with Crippen LogP contribution in [0.5, 0.6) is 0 Å². The Labute approximate surface area is 177 Å². The van der Waals surface area contributed by atoms with Crippen molar-refractivity contribution >= 4 is 29.2 Å². The number of rotatable bonds is 6. The quantitative estimate of drug-likeness (QED) is 0.419. The summed E-state index contributed by atoms with van der Waals surface area (Å²) < 4.78 is 14.6. The summed E-state index contributed by atoms with van der Waals surface area (Å²) in [6.45, 7) is -0.0278. The van der Waals surface area contributed by atoms with Gasteiger partial charge in [-0.1, -0.05) is 36.0 Å². The largest absolute Gasteiger partial charge is 0.392 e. The lowest BCUT2D eigenvalue weighted by Gasteiger charge is -2.10. The van der Waals surface area contributed by atoms with Crippen LogP contribution in [0, 0.1) is 5.82 Å². The highest BCUT2D eigenvalue weighted by molar-refractivity contribution is 7.99. The van der Waals surface area contributed by atoms with Crippen LogP contribution in [0.4, 0.5) is 21.8 Å². The topological polar surface area (TPSA) is 97.0 Å². The van der Waals surface area contributed by atoms with Gasteiger partial charge in [-0.25, -0.2) is 9.37 Å². The molecule has 0 radical (unpaired) electrons. The number of nitrogen functional groups attached to an aromatic ring is 1. The molecule has 4 rings (SSSR count). The Kier molecular flexibility index (Phi) is 5.87. The van der Waals surface area contributed by atoms with E-state index in [0.29, 0.717) is 22.1 Å². The Morgan fingerprint density at radius 1 is 0.967 bits per heavy atom. The molecule has 0 aliphatic rings. The highest BCUT2D eigenvalue weighted by Crippen LogP contribution is 2.31. The molecule has 0 fully saturated rings. The maximum atomic E-state index is 14.6. The third kappa shape index (κ3) is 4.73. The maximum absolute atomic E-state index is 14.6. The predicted octanol–water partition coefficient (Wildman–Crippen LogP) is 4.65. The summed E-state index contributed by atoms with van der Waals surface area (Å²) in [5.41, 5.74) is 8.67. The van der Waals surface area contributed by atoms with Gasteiger partial charge in [0.1, 0.15) is 11.6 Å². The summed E-state index contributed by atoms with van der Waals surface area (Å²) in [6, 6.07) is 17.6. The summed E-state index contributed by atoms with van der Waals surface area (Å²) in [5, 5.41) is 12.3. The Bertz CT molecular complexity index is 1160. The lowest BCUT2D eigenvalue weighted by molar-refractivity contribution is 0.282. The van der Waals surface area contributed by atoms with Gasteiger partial charge in [-0.15, -0.1) is 0 Å². The van der Waals surface area contributed by atoms with Gasteiger partial charge in [0.15, 0.2) is 0 Å². The van der Waals surface area contributed by atoms with E-state index in [4.69, 9.17) is 5.73 Å². The van der Waals surface area contributed by atoms with Gasteiger partial charge >= 0.3 is 0 Å². The average Bonchev–Trinajstić information content (AvgIpc) is 2.76. The number of benzene rings is 2. The number of halogens is 1. The van der Waals surface area contributed by atoms with Gasteiger partial charge in [0.05, 0.1) is 12.3 Å². The first-order valence-corrected chi connectivity index (χ1v) is 9.91. The molecule has 6 nitrogen and oxygen atoms in total. The van der Waals surface area contributed by atoms with Gasteiger partial charge in [0, 0.05) is 39.5 Å². The fraction of sp³-hybridized carbons (Fsp3) is 0.0455. The second-order valence-corrected chi connectivity index (χ2v) is 7.52. The Morgan fingerprint density at radius 2 is 1.73 bits per heavy atom. The van der Waals surface area contributed by atoms with E-state index in [0.717, 1.165) is 16.0 Å². The monoisotopic (exact) mass is 419 g/mol. The normalized spacial score (nSPS) is 10.7. The molecule has 2 aromatic carbocycles. The molecule has 8 heteroatoms. The molecule has 2 aromatic heterocycles. The van der Waals surface area contributed by atoms with E-state index in [9.17, 15) is 9.50 Å². The zero-order valence-electron chi connectivity index (χ0n) is 15.8. The van der Waals surface area contributed by atoms with Crippen LogP contribution in [0.1, 0.15) is 5.56 Å². The van der Waals surface area contributed by atoms with Gasteiger partial charge in [0.2, 0.25) is 5.95 Å². The smallest absolute Gasteiger partial charge is 0.222 e. The number of hydrogen-bond acceptors (Lipinski definition) is 7. The number of nitrogens with two attached hydrogens (primary N) is 1. The van der Waals surface area contributed by atoms with E-state index in [1.807, 2.05) is 36.4 Å². The van der Waals surface area contributed by atoms with Crippen LogP contribution < -0.4 is 11.1 Å². The first-order valence-electron chi connectivity index (χ1n) is 9.10. The summed E-state index contributed by atoms with van der Waals surface area (Å²) in [4.78, 5) is 13.8. The molecule has 150 valence electrons. The van der Waals surface area contributed by atoms with Crippen LogP contribution in [0.15, 0.2) is 82.8 Å². The molecule has 0 bridgehead atoms. The number of anilines is 3. The standard InChI is InChI=1S/C22H18FN5OS/c23-18-11-16(5-6-20(18)30-17-7-9-25-10-8-17)26-21-12-19(27-22(24)28-21)15-3-1-14(13-29)2-4-15/h1-12,29H,13H2,(H3,24,26,27,28). The van der Waals surface area contributed by atoms with Crippen molar-refractivity contribution in [2.75, 3.05) is 11.1 Å². The van der Waals surface area contributed by atoms with E-state index < -0.39 is 0 Å². The van der Waals surface area contributed by atoms with Crippen LogP contribution in [0.2, 0.25) is 0 Å². The minimum Gasteiger partial charge on any atom is -0.392 e. The third-order valence-electron chi connectivity index (χ3n) is 4.26. The van der Waals surface area contributed by atoms with E-state index in [2.05, 4.69) is 20.3 Å². The molecule has 2 heterocycles. The number of aromatic nitrogens is 3. The highest BCUT2D eigenvalue weighted by atomic mass is 32.2. The molecular formula is C22H18FN5OS. The van der Waals surface area contributed by atoms with E-state index in [1.54, 1.807) is 30.6 Å². The summed E-state index contributed by atoms with van der Waals surface area (Å²) in [7, 11) is 0. The first-order chi connectivity index (χ1) is 14.6. The second kappa shape index (κ2) is 8.89. The van der Waals surface area contributed by atoms with Crippen LogP contribution in [0.25, 0.3) is 11.3 Å². The summed E-state index contributed by atoms with van der Waals surface area (Å²) in [5.74, 6) is 0.216. The van der Waals surface area contributed by atoms with Crippen molar-refractivity contribution in [2.45, 2.75) is 16.4 Å². The van der Waals surface area contributed by atoms with Crippen molar-refractivity contribution in [1.82, 2.24) is 15.0 Å². The van der Waals surface area contributed by atoms with Crippen LogP contribution >= 0.6 is 11.8 Å². The van der Waals surface area contributed by atoms with Crippen LogP contribution in [-0.4, -0.2) is 20.1 Å². The lowest BCUT2D eigenvalue weighted by atomic mass is 10.1. The highest BCUT2D eigenvalue weighted by Gasteiger charge is 2.09. The molecule has 0 atom stereocenters. The Morgan fingerprint density at radius 3 is 2.43 bits per heavy atom. The van der Waals surface area contributed by atoms with E-state index in [1.165, 1.54) is 17.8 Å². The number of nitrogens with zero attached hydrogens (tertiary/aromatic N) is 3. The molecule has 4 N–H and O–H groups in total. The third-order valence-corrected chi connectivity index (χ3v) is 5.32. The molecule has 0 saturated heterocycles. The van der Waals surface area contributed by atoms with E-state index in [-0.39, 0.29) is 18.4 Å². The molecule has 0 aliphatic heterocycles. The number of aliphatic hydroxyl groups excluding tert-OH is 1. The average molecular weight is 419 g/mol. The molecule has 30 heavy (non-hydrogen) atoms. The van der Waals surface area contributed by atoms with Gasteiger partial charge in [-0.3, -0.25) is 4.98 Å². The lowest BCUT2D eigenvalue weighted by Crippen LogP contribution is -2.02. The van der Waals surface area contributed by atoms with Crippen molar-refractivity contribution in [1.29, 1.82) is 0 Å². The summed E-state index contributed by atoms with van der Waals surface area (Å²) in [6.07, 6.45) is 3.34. The van der Waals surface area contributed by atoms with Crippen molar-refractivity contribution in [2.24, 2.45) is 0 Å². The zero-order valence-corrected chi connectivity index (χ0v) is 16.6. The predicted molar refractivity (Wildman–Crippen MR) is 116 cm³/mol. The van der Waals surface area contributed by atoms with Crippen molar-refractivity contribution in [3.63, 3.8) is 0 Å². The second-order valence-electron chi connectivity index (χ2n) is 6.41. The first kappa shape index (κ1) is 19.8. The van der Waals surface area contributed by atoms with Gasteiger partial charge in [-0.05, 0) is 35.9 Å². The molecule has 0 unspecified atom stereocenters. The zero-order chi connectivity index (χ0) is 20.9. The van der Waals surface area contributed by atoms with E-state index >= 15 is 0 Å². The maximum Gasteiger partial charge on any atom is 0.222 e. The van der Waals surface area contributed by atoms with Gasteiger partial charge in [-0.2, -0.15) is 4.98 Å². The van der Waals surface area contributed by atoms with Crippen LogP contribution in [-0.2, 0) is 6.61 Å². The number of pyridine rings is 1. The minimum absolute atomic E-state index is 0.0278. The minimum atomic E-state index is -0.344. The molecule has 4 aromatic rings. The fourth-order valence-electron chi connectivity index (χ4n) is 2.80. The van der Waals surface area contributed by atoms with Gasteiger partial charge < -0.3 is 16.2 Å². The van der Waals surface area contributed by atoms with Crippen molar-refractivity contribution in [3.8, 4) is 11.3 Å². The van der Waals surface area contributed by atoms with Crippen LogP contribution in [0.3, 0.4) is 0 Å². The van der Waals surface area contributed by atoms with Gasteiger partial charge in [0.25, 0.3) is 0 Å².